The summed E-state index contributed by atoms with van der Waals surface area (Å²) in [5.74, 6) is 0.775. The number of methoxy groups -OCH3 is 1. The van der Waals surface area contributed by atoms with Gasteiger partial charge in [-0.15, -0.1) is 0 Å². The highest BCUT2D eigenvalue weighted by Crippen LogP contribution is 2.22. The maximum absolute atomic E-state index is 11.2. The minimum atomic E-state index is -0.0232. The van der Waals surface area contributed by atoms with Crippen LogP contribution in [0.25, 0.3) is 0 Å². The second kappa shape index (κ2) is 4.35. The van der Waals surface area contributed by atoms with Crippen LogP contribution in [0.4, 0.5) is 0 Å². The molecule has 1 aliphatic rings. The number of ether oxygens (including phenoxy) is 1. The van der Waals surface area contributed by atoms with Crippen LogP contribution in [0.2, 0.25) is 0 Å². The normalized spacial score (nSPS) is 14.9. The van der Waals surface area contributed by atoms with Crippen molar-refractivity contribution in [2.75, 3.05) is 13.7 Å². The standard InChI is InChI=1S/C12H14N2O2/c1-9(15)14-8-7-11(13-14)10-5-3-4-6-12(10)16-2/h3-6H,7-8H2,1-2H3. The molecular weight excluding hydrogens is 204 g/mol. The second-order valence-electron chi connectivity index (χ2n) is 3.64. The summed E-state index contributed by atoms with van der Waals surface area (Å²) in [4.78, 5) is 11.2. The maximum Gasteiger partial charge on any atom is 0.239 e. The van der Waals surface area contributed by atoms with Gasteiger partial charge in [0.05, 0.1) is 19.4 Å². The van der Waals surface area contributed by atoms with E-state index in [1.54, 1.807) is 7.11 Å². The molecular formula is C12H14N2O2. The van der Waals surface area contributed by atoms with Crippen LogP contribution in [0.5, 0.6) is 5.75 Å². The second-order valence-corrected chi connectivity index (χ2v) is 3.64. The fourth-order valence-corrected chi connectivity index (χ4v) is 1.76. The van der Waals surface area contributed by atoms with Crippen molar-refractivity contribution in [3.63, 3.8) is 0 Å². The smallest absolute Gasteiger partial charge is 0.239 e. The first-order chi connectivity index (χ1) is 7.72. The molecule has 1 heterocycles. The average molecular weight is 218 g/mol. The van der Waals surface area contributed by atoms with Crippen LogP contribution in [-0.4, -0.2) is 30.3 Å². The van der Waals surface area contributed by atoms with E-state index in [0.29, 0.717) is 6.54 Å². The summed E-state index contributed by atoms with van der Waals surface area (Å²) in [5.41, 5.74) is 1.88. The monoisotopic (exact) mass is 218 g/mol. The zero-order valence-corrected chi connectivity index (χ0v) is 9.43. The minimum absolute atomic E-state index is 0.0232. The predicted octanol–water partition coefficient (Wildman–Crippen LogP) is 1.65. The van der Waals surface area contributed by atoms with E-state index >= 15 is 0 Å². The lowest BCUT2D eigenvalue weighted by Gasteiger charge is -2.07. The van der Waals surface area contributed by atoms with E-state index < -0.39 is 0 Å². The molecule has 2 rings (SSSR count). The van der Waals surface area contributed by atoms with E-state index in [-0.39, 0.29) is 5.91 Å². The fourth-order valence-electron chi connectivity index (χ4n) is 1.76. The third-order valence-electron chi connectivity index (χ3n) is 2.58. The number of para-hydroxylation sites is 1. The molecule has 0 unspecified atom stereocenters. The van der Waals surface area contributed by atoms with Gasteiger partial charge in [0, 0.05) is 18.9 Å². The number of hydrogen-bond donors (Lipinski definition) is 0. The van der Waals surface area contributed by atoms with Gasteiger partial charge in [-0.3, -0.25) is 4.79 Å². The molecule has 0 aromatic heterocycles. The van der Waals surface area contributed by atoms with Crippen LogP contribution < -0.4 is 4.74 Å². The number of hydrogen-bond acceptors (Lipinski definition) is 3. The predicted molar refractivity (Wildman–Crippen MR) is 61.5 cm³/mol. The first-order valence-electron chi connectivity index (χ1n) is 5.21. The van der Waals surface area contributed by atoms with Crippen LogP contribution in [-0.2, 0) is 4.79 Å². The van der Waals surface area contributed by atoms with Gasteiger partial charge in [-0.25, -0.2) is 5.01 Å². The summed E-state index contributed by atoms with van der Waals surface area (Å²) in [7, 11) is 1.64. The van der Waals surface area contributed by atoms with Crippen molar-refractivity contribution in [3.05, 3.63) is 29.8 Å². The number of amides is 1. The van der Waals surface area contributed by atoms with E-state index in [4.69, 9.17) is 4.74 Å². The molecule has 0 saturated heterocycles. The third-order valence-corrected chi connectivity index (χ3v) is 2.58. The lowest BCUT2D eigenvalue weighted by Crippen LogP contribution is -2.19. The van der Waals surface area contributed by atoms with E-state index in [0.717, 1.165) is 23.4 Å². The van der Waals surface area contributed by atoms with Crippen molar-refractivity contribution in [3.8, 4) is 5.75 Å². The summed E-state index contributed by atoms with van der Waals surface area (Å²) >= 11 is 0. The molecule has 0 aliphatic carbocycles. The molecule has 1 amide bonds. The molecule has 0 atom stereocenters. The van der Waals surface area contributed by atoms with Crippen molar-refractivity contribution < 1.29 is 9.53 Å². The van der Waals surface area contributed by atoms with Gasteiger partial charge in [-0.2, -0.15) is 5.10 Å². The van der Waals surface area contributed by atoms with Gasteiger partial charge in [-0.1, -0.05) is 12.1 Å². The number of carbonyl (C=O) groups excluding carboxylic acids is 1. The molecule has 0 bridgehead atoms. The van der Waals surface area contributed by atoms with E-state index in [9.17, 15) is 4.79 Å². The molecule has 0 N–H and O–H groups in total. The maximum atomic E-state index is 11.2. The van der Waals surface area contributed by atoms with Crippen molar-refractivity contribution >= 4 is 11.6 Å². The Morgan fingerprint density at radius 2 is 2.19 bits per heavy atom. The van der Waals surface area contributed by atoms with Crippen LogP contribution in [0.1, 0.15) is 18.9 Å². The highest BCUT2D eigenvalue weighted by molar-refractivity contribution is 6.04. The number of carbonyl (C=O) groups is 1. The summed E-state index contributed by atoms with van der Waals surface area (Å²) in [5, 5.41) is 5.77. The first kappa shape index (κ1) is 10.7. The Kier molecular flexibility index (Phi) is 2.90. The van der Waals surface area contributed by atoms with Gasteiger partial charge in [0.25, 0.3) is 0 Å². The molecule has 1 aromatic carbocycles. The quantitative estimate of drug-likeness (QED) is 0.757. The molecule has 4 heteroatoms. The Hall–Kier alpha value is -1.84. The molecule has 0 fully saturated rings. The van der Waals surface area contributed by atoms with Gasteiger partial charge >= 0.3 is 0 Å². The Morgan fingerprint density at radius 3 is 2.81 bits per heavy atom. The van der Waals surface area contributed by atoms with Crippen LogP contribution in [0.3, 0.4) is 0 Å². The summed E-state index contributed by atoms with van der Waals surface area (Å²) in [6.07, 6.45) is 0.778. The SMILES string of the molecule is COc1ccccc1C1=NN(C(C)=O)CC1. The lowest BCUT2D eigenvalue weighted by molar-refractivity contribution is -0.128. The third kappa shape index (κ3) is 1.91. The van der Waals surface area contributed by atoms with Crippen LogP contribution >= 0.6 is 0 Å². The van der Waals surface area contributed by atoms with Crippen molar-refractivity contribution in [1.82, 2.24) is 5.01 Å². The molecule has 1 aromatic rings. The summed E-state index contributed by atoms with van der Waals surface area (Å²) < 4.78 is 5.27. The van der Waals surface area contributed by atoms with Crippen LogP contribution in [0, 0.1) is 0 Å². The highest BCUT2D eigenvalue weighted by Gasteiger charge is 2.20. The number of benzene rings is 1. The lowest BCUT2D eigenvalue weighted by atomic mass is 10.1. The zero-order valence-electron chi connectivity index (χ0n) is 9.43. The van der Waals surface area contributed by atoms with Crippen molar-refractivity contribution in [2.45, 2.75) is 13.3 Å². The Morgan fingerprint density at radius 1 is 1.44 bits per heavy atom. The topological polar surface area (TPSA) is 41.9 Å². The van der Waals surface area contributed by atoms with Gasteiger partial charge in [0.2, 0.25) is 5.91 Å². The molecule has 0 saturated carbocycles. The fraction of sp³-hybridized carbons (Fsp3) is 0.333. The van der Waals surface area contributed by atoms with E-state index in [1.165, 1.54) is 11.9 Å². The molecule has 0 radical (unpaired) electrons. The molecule has 1 aliphatic heterocycles. The van der Waals surface area contributed by atoms with E-state index in [1.807, 2.05) is 24.3 Å². The number of rotatable bonds is 2. The van der Waals surface area contributed by atoms with Crippen molar-refractivity contribution in [2.24, 2.45) is 5.10 Å². The Bertz CT molecular complexity index is 440. The summed E-state index contributed by atoms with van der Waals surface area (Å²) in [6.45, 7) is 2.18. The Labute approximate surface area is 94.5 Å². The van der Waals surface area contributed by atoms with Gasteiger partial charge < -0.3 is 4.74 Å². The number of nitrogens with zero attached hydrogens (tertiary/aromatic N) is 2. The molecule has 0 spiro atoms. The zero-order chi connectivity index (χ0) is 11.5. The van der Waals surface area contributed by atoms with Crippen LogP contribution in [0.15, 0.2) is 29.4 Å². The van der Waals surface area contributed by atoms with Gasteiger partial charge in [0.15, 0.2) is 0 Å². The van der Waals surface area contributed by atoms with Gasteiger partial charge in [0.1, 0.15) is 5.75 Å². The largest absolute Gasteiger partial charge is 0.496 e. The first-order valence-corrected chi connectivity index (χ1v) is 5.21. The number of hydrazone groups is 1. The average Bonchev–Trinajstić information content (AvgIpc) is 2.78. The summed E-state index contributed by atoms with van der Waals surface area (Å²) in [6, 6.07) is 7.72. The molecule has 4 nitrogen and oxygen atoms in total. The minimum Gasteiger partial charge on any atom is -0.496 e. The Balaban J connectivity index is 2.32. The van der Waals surface area contributed by atoms with Crippen molar-refractivity contribution in [1.29, 1.82) is 0 Å². The molecule has 84 valence electrons. The highest BCUT2D eigenvalue weighted by atomic mass is 16.5. The van der Waals surface area contributed by atoms with Gasteiger partial charge in [-0.05, 0) is 12.1 Å². The van der Waals surface area contributed by atoms with E-state index in [2.05, 4.69) is 5.10 Å². The molecule has 16 heavy (non-hydrogen) atoms.